The molecule has 2 fully saturated rings. The molecule has 2 saturated heterocycles. The van der Waals surface area contributed by atoms with Crippen molar-refractivity contribution in [2.75, 3.05) is 13.7 Å². The first-order chi connectivity index (χ1) is 7.11. The zero-order chi connectivity index (χ0) is 11.0. The largest absolute Gasteiger partial charge is 0.468 e. The quantitative estimate of drug-likeness (QED) is 0.470. The number of nitrogens with one attached hydrogen (secondary N) is 3. The second-order valence-corrected chi connectivity index (χ2v) is 3.19. The molecular formula is C7H10N4O4. The highest BCUT2D eigenvalue weighted by Gasteiger charge is 2.46. The van der Waals surface area contributed by atoms with Crippen LogP contribution in [0.5, 0.6) is 0 Å². The third-order valence-electron chi connectivity index (χ3n) is 2.28. The Labute approximate surface area is 84.9 Å². The normalized spacial score (nSPS) is 27.9. The number of nitrogens with zero attached hydrogens (tertiary/aromatic N) is 1. The number of amides is 4. The lowest BCUT2D eigenvalue weighted by atomic mass is 10.4. The maximum absolute atomic E-state index is 11.4. The molecule has 2 rings (SSSR count). The Morgan fingerprint density at radius 1 is 1.40 bits per heavy atom. The van der Waals surface area contributed by atoms with Crippen LogP contribution in [-0.4, -0.2) is 48.9 Å². The minimum absolute atomic E-state index is 0.189. The number of hydrogen-bond donors (Lipinski definition) is 3. The fraction of sp³-hybridized carbons (Fsp3) is 0.571. The summed E-state index contributed by atoms with van der Waals surface area (Å²) < 4.78 is 4.44. The smallest absolute Gasteiger partial charge is 0.325 e. The minimum atomic E-state index is -0.538. The van der Waals surface area contributed by atoms with Crippen LogP contribution in [0.15, 0.2) is 0 Å². The van der Waals surface area contributed by atoms with Gasteiger partial charge >= 0.3 is 18.0 Å². The van der Waals surface area contributed by atoms with Crippen molar-refractivity contribution in [3.05, 3.63) is 0 Å². The summed E-state index contributed by atoms with van der Waals surface area (Å²) in [4.78, 5) is 34.5. The molecule has 0 aromatic heterocycles. The van der Waals surface area contributed by atoms with Crippen LogP contribution in [0.3, 0.4) is 0 Å². The Balaban J connectivity index is 2.07. The summed E-state index contributed by atoms with van der Waals surface area (Å²) in [5.74, 6) is -0.535. The molecular weight excluding hydrogens is 204 g/mol. The highest BCUT2D eigenvalue weighted by Crippen LogP contribution is 2.13. The predicted octanol–water partition coefficient (Wildman–Crippen LogP) is -1.85. The number of methoxy groups -OCH3 is 1. The van der Waals surface area contributed by atoms with Gasteiger partial charge in [-0.1, -0.05) is 0 Å². The lowest BCUT2D eigenvalue weighted by Gasteiger charge is -2.19. The summed E-state index contributed by atoms with van der Waals surface area (Å²) in [7, 11) is 1.24. The molecule has 2 heterocycles. The van der Waals surface area contributed by atoms with E-state index in [0.29, 0.717) is 0 Å². The van der Waals surface area contributed by atoms with Gasteiger partial charge in [0, 0.05) is 0 Å². The van der Waals surface area contributed by atoms with Gasteiger partial charge in [0.05, 0.1) is 7.11 Å². The molecule has 0 spiro atoms. The Morgan fingerprint density at radius 2 is 2.13 bits per heavy atom. The van der Waals surface area contributed by atoms with Crippen LogP contribution in [0, 0.1) is 0 Å². The first-order valence-electron chi connectivity index (χ1n) is 4.33. The summed E-state index contributed by atoms with van der Waals surface area (Å²) in [6.07, 6.45) is -1.03. The number of carbonyl (C=O) groups excluding carboxylic acids is 3. The van der Waals surface area contributed by atoms with E-state index < -0.39 is 24.3 Å². The van der Waals surface area contributed by atoms with Crippen LogP contribution in [0.2, 0.25) is 0 Å². The zero-order valence-electron chi connectivity index (χ0n) is 7.94. The second-order valence-electron chi connectivity index (χ2n) is 3.19. The van der Waals surface area contributed by atoms with E-state index in [-0.39, 0.29) is 12.6 Å². The molecule has 0 saturated carbocycles. The number of esters is 1. The van der Waals surface area contributed by atoms with Crippen molar-refractivity contribution in [3.63, 3.8) is 0 Å². The van der Waals surface area contributed by atoms with Crippen molar-refractivity contribution < 1.29 is 19.1 Å². The van der Waals surface area contributed by atoms with Crippen molar-refractivity contribution in [1.29, 1.82) is 0 Å². The van der Waals surface area contributed by atoms with E-state index in [0.717, 1.165) is 0 Å². The summed E-state index contributed by atoms with van der Waals surface area (Å²) in [6, 6.07) is -0.789. The Hall–Kier alpha value is -1.99. The summed E-state index contributed by atoms with van der Waals surface area (Å²) >= 11 is 0. The van der Waals surface area contributed by atoms with E-state index in [4.69, 9.17) is 0 Å². The SMILES string of the molecule is COC(=O)CN1C(=O)N[C@@H]2NC(=O)N[C@@H]21. The monoisotopic (exact) mass is 214 g/mol. The van der Waals surface area contributed by atoms with Gasteiger partial charge in [0.15, 0.2) is 0 Å². The molecule has 3 N–H and O–H groups in total. The highest BCUT2D eigenvalue weighted by molar-refractivity contribution is 5.87. The molecule has 0 aromatic carbocycles. The average Bonchev–Trinajstić information content (AvgIpc) is 2.65. The Kier molecular flexibility index (Phi) is 2.10. The minimum Gasteiger partial charge on any atom is -0.468 e. The van der Waals surface area contributed by atoms with Crippen molar-refractivity contribution in [2.45, 2.75) is 12.3 Å². The molecule has 82 valence electrons. The van der Waals surface area contributed by atoms with Gasteiger partial charge in [0.1, 0.15) is 18.9 Å². The van der Waals surface area contributed by atoms with E-state index in [9.17, 15) is 14.4 Å². The van der Waals surface area contributed by atoms with Crippen LogP contribution in [0.25, 0.3) is 0 Å². The van der Waals surface area contributed by atoms with Crippen LogP contribution < -0.4 is 16.0 Å². The number of rotatable bonds is 2. The number of ether oxygens (including phenoxy) is 1. The van der Waals surface area contributed by atoms with Gasteiger partial charge in [-0.25, -0.2) is 9.59 Å². The van der Waals surface area contributed by atoms with E-state index in [1.807, 2.05) is 0 Å². The molecule has 2 aliphatic heterocycles. The predicted molar refractivity (Wildman–Crippen MR) is 46.5 cm³/mol. The molecule has 0 radical (unpaired) electrons. The van der Waals surface area contributed by atoms with Crippen molar-refractivity contribution in [1.82, 2.24) is 20.9 Å². The molecule has 8 heteroatoms. The van der Waals surface area contributed by atoms with Crippen molar-refractivity contribution >= 4 is 18.0 Å². The number of fused-ring (bicyclic) bond motifs is 1. The molecule has 15 heavy (non-hydrogen) atoms. The third kappa shape index (κ3) is 1.53. The summed E-state index contributed by atoms with van der Waals surface area (Å²) in [5, 5.41) is 7.51. The average molecular weight is 214 g/mol. The molecule has 0 aliphatic carbocycles. The van der Waals surface area contributed by atoms with Crippen molar-refractivity contribution in [3.8, 4) is 0 Å². The van der Waals surface area contributed by atoms with Crippen LogP contribution in [0.4, 0.5) is 9.59 Å². The maximum atomic E-state index is 11.4. The van der Waals surface area contributed by atoms with Gasteiger partial charge in [-0.15, -0.1) is 0 Å². The third-order valence-corrected chi connectivity index (χ3v) is 2.28. The van der Waals surface area contributed by atoms with Crippen molar-refractivity contribution in [2.24, 2.45) is 0 Å². The van der Waals surface area contributed by atoms with Gasteiger partial charge in [-0.3, -0.25) is 9.69 Å². The zero-order valence-corrected chi connectivity index (χ0v) is 7.94. The second kappa shape index (κ2) is 3.30. The van der Waals surface area contributed by atoms with E-state index >= 15 is 0 Å². The van der Waals surface area contributed by atoms with E-state index in [1.165, 1.54) is 12.0 Å². The molecule has 8 nitrogen and oxygen atoms in total. The first kappa shape index (κ1) is 9.56. The first-order valence-corrected chi connectivity index (χ1v) is 4.33. The van der Waals surface area contributed by atoms with Gasteiger partial charge in [0.25, 0.3) is 0 Å². The number of carbonyl (C=O) groups is 3. The van der Waals surface area contributed by atoms with Gasteiger partial charge < -0.3 is 20.7 Å². The molecule has 4 amide bonds. The highest BCUT2D eigenvalue weighted by atomic mass is 16.5. The van der Waals surface area contributed by atoms with Gasteiger partial charge in [-0.2, -0.15) is 0 Å². The standard InChI is InChI=1S/C7H10N4O4/c1-15-3(12)2-11-5-4(9-7(11)14)8-6(13)10-5/h4-5H,2H2,1H3,(H,9,14)(H2,8,10,13)/t4-,5+/m0/s1. The van der Waals surface area contributed by atoms with Gasteiger partial charge in [0.2, 0.25) is 0 Å². The molecule has 2 aliphatic rings. The van der Waals surface area contributed by atoms with Crippen LogP contribution in [-0.2, 0) is 9.53 Å². The molecule has 2 atom stereocenters. The maximum Gasteiger partial charge on any atom is 0.325 e. The number of urea groups is 2. The molecule has 0 bridgehead atoms. The number of hydrogen-bond acceptors (Lipinski definition) is 4. The van der Waals surface area contributed by atoms with Crippen LogP contribution >= 0.6 is 0 Å². The molecule has 0 aromatic rings. The molecule has 0 unspecified atom stereocenters. The van der Waals surface area contributed by atoms with E-state index in [1.54, 1.807) is 0 Å². The summed E-state index contributed by atoms with van der Waals surface area (Å²) in [5.41, 5.74) is 0. The lowest BCUT2D eigenvalue weighted by molar-refractivity contribution is -0.141. The van der Waals surface area contributed by atoms with Gasteiger partial charge in [-0.05, 0) is 0 Å². The summed E-state index contributed by atoms with van der Waals surface area (Å²) in [6.45, 7) is -0.189. The van der Waals surface area contributed by atoms with E-state index in [2.05, 4.69) is 20.7 Å². The Bertz CT molecular complexity index is 331. The topological polar surface area (TPSA) is 99.8 Å². The lowest BCUT2D eigenvalue weighted by Crippen LogP contribution is -2.46. The fourth-order valence-electron chi connectivity index (χ4n) is 1.57. The fourth-order valence-corrected chi connectivity index (χ4v) is 1.57. The van der Waals surface area contributed by atoms with Crippen LogP contribution in [0.1, 0.15) is 0 Å². The Morgan fingerprint density at radius 3 is 2.80 bits per heavy atom.